The minimum absolute atomic E-state index is 0.0784. The van der Waals surface area contributed by atoms with Crippen molar-refractivity contribution in [2.45, 2.75) is 12.2 Å². The van der Waals surface area contributed by atoms with Crippen LogP contribution in [0, 0.1) is 10.1 Å². The Balaban J connectivity index is 2.28. The highest BCUT2D eigenvalue weighted by atomic mass is 79.9. The molecule has 1 atom stereocenters. The van der Waals surface area contributed by atoms with Crippen molar-refractivity contribution in [1.29, 1.82) is 0 Å². The molecule has 0 spiro atoms. The van der Waals surface area contributed by atoms with Crippen LogP contribution in [0.3, 0.4) is 0 Å². The Morgan fingerprint density at radius 1 is 1.58 bits per heavy atom. The van der Waals surface area contributed by atoms with E-state index in [4.69, 9.17) is 0 Å². The fourth-order valence-corrected chi connectivity index (χ4v) is 3.59. The van der Waals surface area contributed by atoms with E-state index in [2.05, 4.69) is 22.9 Å². The zero-order valence-corrected chi connectivity index (χ0v) is 12.7. The number of hydrogen-bond donors (Lipinski definition) is 0. The molecule has 1 amide bonds. The summed E-state index contributed by atoms with van der Waals surface area (Å²) in [5, 5.41) is 11.3. The lowest BCUT2D eigenvalue weighted by Gasteiger charge is -2.30. The van der Waals surface area contributed by atoms with Gasteiger partial charge in [-0.15, -0.1) is 0 Å². The van der Waals surface area contributed by atoms with Gasteiger partial charge in [-0.3, -0.25) is 14.9 Å². The molecule has 1 aromatic carbocycles. The van der Waals surface area contributed by atoms with Crippen molar-refractivity contribution in [3.8, 4) is 0 Å². The number of hydrogen-bond acceptors (Lipinski definition) is 4. The van der Waals surface area contributed by atoms with Crippen LogP contribution in [0.5, 0.6) is 0 Å². The largest absolute Gasteiger partial charge is 0.337 e. The smallest absolute Gasteiger partial charge is 0.284 e. The Bertz CT molecular complexity index is 524. The first kappa shape index (κ1) is 14.3. The van der Waals surface area contributed by atoms with Gasteiger partial charge in [0.1, 0.15) is 4.47 Å². The molecule has 2 rings (SSSR count). The first-order valence-electron chi connectivity index (χ1n) is 5.84. The maximum atomic E-state index is 12.4. The van der Waals surface area contributed by atoms with Gasteiger partial charge in [-0.2, -0.15) is 11.8 Å². The number of nitrogens with zero attached hydrogens (tertiary/aromatic N) is 2. The highest BCUT2D eigenvalue weighted by Crippen LogP contribution is 2.30. The predicted molar refractivity (Wildman–Crippen MR) is 78.6 cm³/mol. The lowest BCUT2D eigenvalue weighted by Crippen LogP contribution is -2.41. The number of carbonyl (C=O) groups excluding carboxylic acids is 1. The van der Waals surface area contributed by atoms with Crippen LogP contribution in [0.4, 0.5) is 5.69 Å². The predicted octanol–water partition coefficient (Wildman–Crippen LogP) is 2.93. The fraction of sp³-hybridized carbons (Fsp3) is 0.417. The van der Waals surface area contributed by atoms with Gasteiger partial charge in [-0.1, -0.05) is 13.0 Å². The van der Waals surface area contributed by atoms with E-state index in [-0.39, 0.29) is 16.1 Å². The summed E-state index contributed by atoms with van der Waals surface area (Å²) in [5.41, 5.74) is 0.276. The molecule has 7 heteroatoms. The van der Waals surface area contributed by atoms with E-state index in [0.29, 0.717) is 23.9 Å². The second-order valence-corrected chi connectivity index (χ2v) is 6.67. The van der Waals surface area contributed by atoms with E-state index in [0.717, 1.165) is 5.75 Å². The zero-order valence-electron chi connectivity index (χ0n) is 10.3. The standard InChI is InChI=1S/C12H13BrN2O3S/c1-8-7-14(5-6-19-8)12(16)9-3-2-4-10(11(9)13)15(17)18/h2-4,8H,5-7H2,1H3. The van der Waals surface area contributed by atoms with Gasteiger partial charge in [0, 0.05) is 30.2 Å². The second-order valence-electron chi connectivity index (χ2n) is 4.33. The molecule has 0 N–H and O–H groups in total. The molecule has 1 aliphatic rings. The van der Waals surface area contributed by atoms with E-state index in [1.54, 1.807) is 11.0 Å². The van der Waals surface area contributed by atoms with Crippen molar-refractivity contribution < 1.29 is 9.72 Å². The first-order chi connectivity index (χ1) is 9.00. The van der Waals surface area contributed by atoms with E-state index in [9.17, 15) is 14.9 Å². The Kier molecular flexibility index (Phi) is 4.46. The molecule has 0 bridgehead atoms. The summed E-state index contributed by atoms with van der Waals surface area (Å²) in [7, 11) is 0. The molecule has 0 radical (unpaired) electrons. The third-order valence-electron chi connectivity index (χ3n) is 2.93. The molecule has 1 saturated heterocycles. The third-order valence-corrected chi connectivity index (χ3v) is 4.90. The fourth-order valence-electron chi connectivity index (χ4n) is 2.00. The SMILES string of the molecule is CC1CN(C(=O)c2cccc([N+](=O)[O-])c2Br)CCS1. The average Bonchev–Trinajstić information content (AvgIpc) is 2.38. The number of halogens is 1. The van der Waals surface area contributed by atoms with Crippen molar-refractivity contribution >= 4 is 39.3 Å². The second kappa shape index (κ2) is 5.92. The zero-order chi connectivity index (χ0) is 14.0. The van der Waals surface area contributed by atoms with Crippen molar-refractivity contribution in [1.82, 2.24) is 4.90 Å². The average molecular weight is 345 g/mol. The lowest BCUT2D eigenvalue weighted by atomic mass is 10.1. The Labute approximate surface area is 123 Å². The van der Waals surface area contributed by atoms with Crippen molar-refractivity contribution in [2.24, 2.45) is 0 Å². The lowest BCUT2D eigenvalue weighted by molar-refractivity contribution is -0.385. The molecule has 102 valence electrons. The number of carbonyl (C=O) groups is 1. The Morgan fingerprint density at radius 3 is 2.95 bits per heavy atom. The van der Waals surface area contributed by atoms with E-state index < -0.39 is 4.92 Å². The molecule has 1 unspecified atom stereocenters. The Morgan fingerprint density at radius 2 is 2.32 bits per heavy atom. The Hall–Kier alpha value is -1.08. The van der Waals surface area contributed by atoms with Gasteiger partial charge in [-0.05, 0) is 22.0 Å². The summed E-state index contributed by atoms with van der Waals surface area (Å²) in [4.78, 5) is 24.5. The van der Waals surface area contributed by atoms with Crippen LogP contribution in [0.25, 0.3) is 0 Å². The van der Waals surface area contributed by atoms with Crippen LogP contribution in [0.15, 0.2) is 22.7 Å². The molecular weight excluding hydrogens is 332 g/mol. The summed E-state index contributed by atoms with van der Waals surface area (Å²) in [6, 6.07) is 4.54. The van der Waals surface area contributed by atoms with Gasteiger partial charge in [0.25, 0.3) is 11.6 Å². The molecule has 1 aromatic rings. The molecule has 0 saturated carbocycles. The van der Waals surface area contributed by atoms with E-state index in [1.165, 1.54) is 12.1 Å². The minimum Gasteiger partial charge on any atom is -0.337 e. The summed E-state index contributed by atoms with van der Waals surface area (Å²) >= 11 is 5.00. The maximum Gasteiger partial charge on any atom is 0.284 e. The van der Waals surface area contributed by atoms with Gasteiger partial charge in [-0.25, -0.2) is 0 Å². The summed E-state index contributed by atoms with van der Waals surface area (Å²) < 4.78 is 0.260. The number of thioether (sulfide) groups is 1. The number of nitro benzene ring substituents is 1. The van der Waals surface area contributed by atoms with Crippen LogP contribution >= 0.6 is 27.7 Å². The monoisotopic (exact) mass is 344 g/mol. The molecule has 19 heavy (non-hydrogen) atoms. The summed E-state index contributed by atoms with van der Waals surface area (Å²) in [6.07, 6.45) is 0. The van der Waals surface area contributed by atoms with Crippen molar-refractivity contribution in [3.63, 3.8) is 0 Å². The van der Waals surface area contributed by atoms with E-state index in [1.807, 2.05) is 11.8 Å². The van der Waals surface area contributed by atoms with Gasteiger partial charge in [0.05, 0.1) is 10.5 Å². The summed E-state index contributed by atoms with van der Waals surface area (Å²) in [6.45, 7) is 3.44. The van der Waals surface area contributed by atoms with Gasteiger partial charge in [0.15, 0.2) is 0 Å². The molecular formula is C12H13BrN2O3S. The number of nitro groups is 1. The highest BCUT2D eigenvalue weighted by Gasteiger charge is 2.26. The van der Waals surface area contributed by atoms with Crippen LogP contribution < -0.4 is 0 Å². The minimum atomic E-state index is -0.491. The van der Waals surface area contributed by atoms with Gasteiger partial charge >= 0.3 is 0 Å². The van der Waals surface area contributed by atoms with Crippen LogP contribution in [-0.2, 0) is 0 Å². The number of rotatable bonds is 2. The number of benzene rings is 1. The third kappa shape index (κ3) is 3.09. The van der Waals surface area contributed by atoms with Crippen LogP contribution in [0.2, 0.25) is 0 Å². The number of amides is 1. The highest BCUT2D eigenvalue weighted by molar-refractivity contribution is 9.10. The molecule has 5 nitrogen and oxygen atoms in total. The molecule has 1 fully saturated rings. The van der Waals surface area contributed by atoms with E-state index >= 15 is 0 Å². The quantitative estimate of drug-likeness (QED) is 0.611. The van der Waals surface area contributed by atoms with Crippen LogP contribution in [0.1, 0.15) is 17.3 Å². The van der Waals surface area contributed by atoms with Gasteiger partial charge < -0.3 is 4.90 Å². The van der Waals surface area contributed by atoms with Crippen molar-refractivity contribution in [3.05, 3.63) is 38.3 Å². The normalized spacial score (nSPS) is 19.3. The first-order valence-corrected chi connectivity index (χ1v) is 7.68. The molecule has 1 heterocycles. The topological polar surface area (TPSA) is 63.5 Å². The molecule has 1 aliphatic heterocycles. The summed E-state index contributed by atoms with van der Waals surface area (Å²) in [5.74, 6) is 0.752. The maximum absolute atomic E-state index is 12.4. The van der Waals surface area contributed by atoms with Crippen molar-refractivity contribution in [2.75, 3.05) is 18.8 Å². The van der Waals surface area contributed by atoms with Gasteiger partial charge in [0.2, 0.25) is 0 Å². The molecule has 0 aromatic heterocycles. The van der Waals surface area contributed by atoms with Crippen LogP contribution in [-0.4, -0.2) is 39.8 Å². The molecule has 0 aliphatic carbocycles.